The van der Waals surface area contributed by atoms with Crippen molar-refractivity contribution in [1.29, 1.82) is 0 Å². The van der Waals surface area contributed by atoms with Crippen LogP contribution >= 0.6 is 38.9 Å². The molecule has 21 heavy (non-hydrogen) atoms. The predicted octanol–water partition coefficient (Wildman–Crippen LogP) is 5.52. The third-order valence-electron chi connectivity index (χ3n) is 3.01. The second-order valence-corrected chi connectivity index (χ2v) is 7.24. The number of halogens is 3. The van der Waals surface area contributed by atoms with Gasteiger partial charge in [0.05, 0.1) is 19.2 Å². The van der Waals surface area contributed by atoms with Crippen molar-refractivity contribution in [3.8, 4) is 21.7 Å². The molecule has 0 aliphatic rings. The van der Waals surface area contributed by atoms with Crippen molar-refractivity contribution in [3.05, 3.63) is 44.5 Å². The van der Waals surface area contributed by atoms with E-state index >= 15 is 0 Å². The molecule has 2 aromatic heterocycles. The van der Waals surface area contributed by atoms with E-state index in [1.165, 1.54) is 23.5 Å². The van der Waals surface area contributed by atoms with E-state index in [1.54, 1.807) is 6.07 Å². The van der Waals surface area contributed by atoms with Crippen molar-refractivity contribution < 1.29 is 8.91 Å². The van der Waals surface area contributed by atoms with Crippen LogP contribution in [-0.4, -0.2) is 5.16 Å². The summed E-state index contributed by atoms with van der Waals surface area (Å²) in [6.07, 6.45) is 0. The molecule has 0 bridgehead atoms. The molecule has 1 aromatic carbocycles. The molecule has 3 nitrogen and oxygen atoms in total. The number of anilines is 1. The van der Waals surface area contributed by atoms with E-state index in [0.29, 0.717) is 16.8 Å². The average Bonchev–Trinajstić information content (AvgIpc) is 2.94. The number of benzene rings is 1. The minimum Gasteiger partial charge on any atom is -0.367 e. The Morgan fingerprint density at radius 1 is 1.38 bits per heavy atom. The van der Waals surface area contributed by atoms with Gasteiger partial charge in [0, 0.05) is 5.56 Å². The van der Waals surface area contributed by atoms with Gasteiger partial charge in [-0.05, 0) is 52.7 Å². The van der Waals surface area contributed by atoms with E-state index < -0.39 is 5.82 Å². The number of hydrogen-bond acceptors (Lipinski definition) is 4. The van der Waals surface area contributed by atoms with Gasteiger partial charge in [0.15, 0.2) is 0 Å². The fourth-order valence-corrected chi connectivity index (χ4v) is 3.78. The normalized spacial score (nSPS) is 11.0. The molecule has 2 heterocycles. The topological polar surface area (TPSA) is 52.0 Å². The summed E-state index contributed by atoms with van der Waals surface area (Å²) < 4.78 is 19.3. The van der Waals surface area contributed by atoms with Crippen LogP contribution in [0.4, 0.5) is 10.3 Å². The molecule has 3 aromatic rings. The Hall–Kier alpha value is -1.37. The summed E-state index contributed by atoms with van der Waals surface area (Å²) in [7, 11) is 0. The minimum atomic E-state index is -0.407. The molecule has 0 radical (unpaired) electrons. The third-order valence-corrected chi connectivity index (χ3v) is 5.47. The fourth-order valence-electron chi connectivity index (χ4n) is 2.00. The van der Waals surface area contributed by atoms with Crippen molar-refractivity contribution >= 4 is 44.8 Å². The largest absolute Gasteiger partial charge is 0.367 e. The molecule has 0 aliphatic heterocycles. The summed E-state index contributed by atoms with van der Waals surface area (Å²) >= 11 is 11.1. The van der Waals surface area contributed by atoms with E-state index in [-0.39, 0.29) is 10.9 Å². The molecule has 108 valence electrons. The average molecular weight is 388 g/mol. The number of thiophene rings is 1. The van der Waals surface area contributed by atoms with Gasteiger partial charge in [-0.1, -0.05) is 16.8 Å². The number of hydrogen-bond donors (Lipinski definition) is 1. The summed E-state index contributed by atoms with van der Waals surface area (Å²) in [6.45, 7) is 1.98. The lowest BCUT2D eigenvalue weighted by atomic mass is 10.0. The molecule has 0 amide bonds. The minimum absolute atomic E-state index is 0.153. The first-order valence-electron chi connectivity index (χ1n) is 5.94. The lowest BCUT2D eigenvalue weighted by molar-refractivity contribution is 0.439. The molecular formula is C14H9BrClFN2OS. The van der Waals surface area contributed by atoms with Gasteiger partial charge < -0.3 is 10.3 Å². The van der Waals surface area contributed by atoms with Gasteiger partial charge in [-0.15, -0.1) is 11.3 Å². The summed E-state index contributed by atoms with van der Waals surface area (Å²) in [5.74, 6) is -0.254. The number of nitrogens with two attached hydrogens (primary N) is 1. The van der Waals surface area contributed by atoms with Crippen LogP contribution in [0.1, 0.15) is 5.56 Å². The summed E-state index contributed by atoms with van der Waals surface area (Å²) in [6, 6.07) is 6.11. The molecule has 2 N–H and O–H groups in total. The van der Waals surface area contributed by atoms with Crippen molar-refractivity contribution in [3.63, 3.8) is 0 Å². The van der Waals surface area contributed by atoms with Crippen LogP contribution in [0.15, 0.2) is 32.6 Å². The second kappa shape index (κ2) is 5.44. The Labute approximate surface area is 137 Å². The van der Waals surface area contributed by atoms with Crippen LogP contribution in [-0.2, 0) is 0 Å². The molecular weight excluding hydrogens is 379 g/mol. The quantitative estimate of drug-likeness (QED) is 0.630. The highest BCUT2D eigenvalue weighted by molar-refractivity contribution is 9.11. The second-order valence-electron chi connectivity index (χ2n) is 4.46. The first kappa shape index (κ1) is 14.6. The van der Waals surface area contributed by atoms with Gasteiger partial charge in [0.1, 0.15) is 11.5 Å². The molecule has 3 rings (SSSR count). The zero-order valence-electron chi connectivity index (χ0n) is 10.8. The van der Waals surface area contributed by atoms with Crippen LogP contribution in [0.5, 0.6) is 0 Å². The van der Waals surface area contributed by atoms with Gasteiger partial charge in [-0.2, -0.15) is 0 Å². The van der Waals surface area contributed by atoms with Crippen molar-refractivity contribution in [2.45, 2.75) is 6.92 Å². The van der Waals surface area contributed by atoms with Crippen LogP contribution in [0.3, 0.4) is 0 Å². The van der Waals surface area contributed by atoms with E-state index in [4.69, 9.17) is 21.9 Å². The van der Waals surface area contributed by atoms with Crippen molar-refractivity contribution in [1.82, 2.24) is 5.16 Å². The maximum absolute atomic E-state index is 13.2. The number of nitrogen functional groups attached to an aromatic ring is 1. The molecule has 0 aliphatic carbocycles. The lowest BCUT2D eigenvalue weighted by Gasteiger charge is -2.04. The molecule has 7 heteroatoms. The SMILES string of the molecule is Cc1cc(-c2noc(N)c2-c2ccc(F)cc2Cl)sc1Br. The van der Waals surface area contributed by atoms with Crippen molar-refractivity contribution in [2.75, 3.05) is 5.73 Å². The summed E-state index contributed by atoms with van der Waals surface area (Å²) in [4.78, 5) is 0.898. The molecule has 0 spiro atoms. The smallest absolute Gasteiger partial charge is 0.230 e. The van der Waals surface area contributed by atoms with Crippen LogP contribution in [0.25, 0.3) is 21.7 Å². The van der Waals surface area contributed by atoms with Gasteiger partial charge >= 0.3 is 0 Å². The Morgan fingerprint density at radius 2 is 2.14 bits per heavy atom. The van der Waals surface area contributed by atoms with Crippen LogP contribution < -0.4 is 5.73 Å². The summed E-state index contributed by atoms with van der Waals surface area (Å²) in [5.41, 5.74) is 8.73. The monoisotopic (exact) mass is 386 g/mol. The molecule has 0 saturated carbocycles. The first-order chi connectivity index (χ1) is 9.97. The van der Waals surface area contributed by atoms with Gasteiger partial charge in [0.2, 0.25) is 5.88 Å². The number of rotatable bonds is 2. The third kappa shape index (κ3) is 2.59. The number of aromatic nitrogens is 1. The lowest BCUT2D eigenvalue weighted by Crippen LogP contribution is -1.88. The van der Waals surface area contributed by atoms with Gasteiger partial charge in [-0.25, -0.2) is 4.39 Å². The van der Waals surface area contributed by atoms with Crippen LogP contribution in [0, 0.1) is 12.7 Å². The summed E-state index contributed by atoms with van der Waals surface area (Å²) in [5, 5.41) is 4.28. The van der Waals surface area contributed by atoms with E-state index in [1.807, 2.05) is 13.0 Å². The fraction of sp³-hybridized carbons (Fsp3) is 0.0714. The Morgan fingerprint density at radius 3 is 2.76 bits per heavy atom. The maximum atomic E-state index is 13.2. The van der Waals surface area contributed by atoms with Crippen molar-refractivity contribution in [2.24, 2.45) is 0 Å². The molecule has 0 fully saturated rings. The first-order valence-corrected chi connectivity index (χ1v) is 7.93. The predicted molar refractivity (Wildman–Crippen MR) is 87.1 cm³/mol. The Kier molecular flexibility index (Phi) is 3.77. The zero-order valence-corrected chi connectivity index (χ0v) is 13.9. The molecule has 0 saturated heterocycles. The standard InChI is InChI=1S/C14H9BrClFN2OS/c1-6-4-10(21-13(6)15)12-11(14(18)20-19-12)8-3-2-7(17)5-9(8)16/h2-5H,18H2,1H3. The molecule has 0 unspecified atom stereocenters. The Bertz CT molecular complexity index is 811. The van der Waals surface area contributed by atoms with E-state index in [0.717, 1.165) is 14.2 Å². The van der Waals surface area contributed by atoms with Gasteiger partial charge in [0.25, 0.3) is 0 Å². The molecule has 0 atom stereocenters. The maximum Gasteiger partial charge on any atom is 0.230 e. The number of nitrogens with zero attached hydrogens (tertiary/aromatic N) is 1. The zero-order chi connectivity index (χ0) is 15.1. The van der Waals surface area contributed by atoms with E-state index in [9.17, 15) is 4.39 Å². The van der Waals surface area contributed by atoms with E-state index in [2.05, 4.69) is 21.1 Å². The number of aryl methyl sites for hydroxylation is 1. The Balaban J connectivity index is 2.21. The highest BCUT2D eigenvalue weighted by Crippen LogP contribution is 2.43. The van der Waals surface area contributed by atoms with Crippen LogP contribution in [0.2, 0.25) is 5.02 Å². The highest BCUT2D eigenvalue weighted by atomic mass is 79.9. The van der Waals surface area contributed by atoms with Gasteiger partial charge in [-0.3, -0.25) is 0 Å². The highest BCUT2D eigenvalue weighted by Gasteiger charge is 2.21.